The highest BCUT2D eigenvalue weighted by atomic mass is 16.5. The van der Waals surface area contributed by atoms with Gasteiger partial charge in [0.1, 0.15) is 11.3 Å². The summed E-state index contributed by atoms with van der Waals surface area (Å²) >= 11 is 0. The molecule has 1 aliphatic heterocycles. The second kappa shape index (κ2) is 6.09. The van der Waals surface area contributed by atoms with Crippen molar-refractivity contribution in [2.45, 2.75) is 31.8 Å². The van der Waals surface area contributed by atoms with Gasteiger partial charge in [-0.3, -0.25) is 9.59 Å². The highest BCUT2D eigenvalue weighted by molar-refractivity contribution is 5.94. The lowest BCUT2D eigenvalue weighted by Crippen LogP contribution is -2.54. The van der Waals surface area contributed by atoms with Gasteiger partial charge < -0.3 is 19.4 Å². The van der Waals surface area contributed by atoms with Crippen molar-refractivity contribution in [1.82, 2.24) is 10.2 Å². The fourth-order valence-electron chi connectivity index (χ4n) is 2.41. The molecular formula is C14H20N2O4. The van der Waals surface area contributed by atoms with Crippen LogP contribution in [0.2, 0.25) is 0 Å². The lowest BCUT2D eigenvalue weighted by molar-refractivity contribution is -0.141. The molecule has 1 N–H and O–H groups in total. The van der Waals surface area contributed by atoms with Gasteiger partial charge in [0.2, 0.25) is 11.8 Å². The molecule has 1 fully saturated rings. The first-order chi connectivity index (χ1) is 9.58. The minimum absolute atomic E-state index is 0.0224. The number of carbonyl (C=O) groups excluding carboxylic acids is 2. The first-order valence-electron chi connectivity index (χ1n) is 6.68. The number of hydrogen-bond acceptors (Lipinski definition) is 4. The molecule has 1 unspecified atom stereocenters. The molecular weight excluding hydrogens is 260 g/mol. The van der Waals surface area contributed by atoms with Crippen LogP contribution in [0.3, 0.4) is 0 Å². The van der Waals surface area contributed by atoms with Crippen molar-refractivity contribution in [2.75, 3.05) is 20.3 Å². The molecule has 110 valence electrons. The van der Waals surface area contributed by atoms with Crippen LogP contribution in [0, 0.1) is 0 Å². The van der Waals surface area contributed by atoms with E-state index in [0.717, 1.165) is 0 Å². The summed E-state index contributed by atoms with van der Waals surface area (Å²) in [4.78, 5) is 26.0. The van der Waals surface area contributed by atoms with E-state index in [-0.39, 0.29) is 11.8 Å². The Kier molecular flexibility index (Phi) is 4.44. The number of likely N-dealkylation sites (tertiary alicyclic amines) is 1. The number of nitrogens with one attached hydrogen (secondary N) is 1. The number of hydrogen-bond donors (Lipinski definition) is 1. The van der Waals surface area contributed by atoms with Crippen molar-refractivity contribution in [3.8, 4) is 0 Å². The smallest absolute Gasteiger partial charge is 0.245 e. The Morgan fingerprint density at radius 1 is 1.60 bits per heavy atom. The predicted molar refractivity (Wildman–Crippen MR) is 71.8 cm³/mol. The van der Waals surface area contributed by atoms with E-state index in [9.17, 15) is 9.59 Å². The Labute approximate surface area is 118 Å². The average molecular weight is 280 g/mol. The van der Waals surface area contributed by atoms with Crippen LogP contribution in [0.5, 0.6) is 0 Å². The molecule has 1 atom stereocenters. The number of methoxy groups -OCH3 is 1. The van der Waals surface area contributed by atoms with Crippen molar-refractivity contribution in [3.05, 3.63) is 24.2 Å². The van der Waals surface area contributed by atoms with E-state index >= 15 is 0 Å². The van der Waals surface area contributed by atoms with E-state index < -0.39 is 5.54 Å². The van der Waals surface area contributed by atoms with Crippen LogP contribution in [-0.2, 0) is 20.9 Å². The van der Waals surface area contributed by atoms with Gasteiger partial charge in [-0.05, 0) is 25.5 Å². The molecule has 0 spiro atoms. The molecule has 0 radical (unpaired) electrons. The van der Waals surface area contributed by atoms with Gasteiger partial charge >= 0.3 is 0 Å². The topological polar surface area (TPSA) is 71.8 Å². The predicted octanol–water partition coefficient (Wildman–Crippen LogP) is 0.923. The summed E-state index contributed by atoms with van der Waals surface area (Å²) in [6.07, 6.45) is 2.46. The molecule has 20 heavy (non-hydrogen) atoms. The minimum Gasteiger partial charge on any atom is -0.467 e. The molecule has 1 aromatic rings. The van der Waals surface area contributed by atoms with Gasteiger partial charge in [0.25, 0.3) is 0 Å². The van der Waals surface area contributed by atoms with Gasteiger partial charge in [-0.2, -0.15) is 0 Å². The summed E-state index contributed by atoms with van der Waals surface area (Å²) in [6.45, 7) is 3.00. The third-order valence-corrected chi connectivity index (χ3v) is 3.70. The fraction of sp³-hybridized carbons (Fsp3) is 0.571. The van der Waals surface area contributed by atoms with Crippen LogP contribution in [0.15, 0.2) is 22.8 Å². The quantitative estimate of drug-likeness (QED) is 0.787. The molecule has 6 heteroatoms. The normalized spacial score (nSPS) is 22.3. The third kappa shape index (κ3) is 2.85. The van der Waals surface area contributed by atoms with E-state index in [1.54, 1.807) is 37.3 Å². The zero-order chi connectivity index (χ0) is 14.6. The summed E-state index contributed by atoms with van der Waals surface area (Å²) in [5, 5.41) is 2.81. The highest BCUT2D eigenvalue weighted by Crippen LogP contribution is 2.31. The van der Waals surface area contributed by atoms with Crippen molar-refractivity contribution < 1.29 is 18.7 Å². The maximum absolute atomic E-state index is 12.3. The van der Waals surface area contributed by atoms with Crippen LogP contribution >= 0.6 is 0 Å². The summed E-state index contributed by atoms with van der Waals surface area (Å²) in [5.74, 6) is 0.508. The van der Waals surface area contributed by atoms with E-state index in [2.05, 4.69) is 5.32 Å². The molecule has 0 saturated carbocycles. The maximum atomic E-state index is 12.3. The zero-order valence-corrected chi connectivity index (χ0v) is 11.8. The summed E-state index contributed by atoms with van der Waals surface area (Å²) in [6, 6.07) is 3.57. The fourth-order valence-corrected chi connectivity index (χ4v) is 2.41. The van der Waals surface area contributed by atoms with E-state index in [4.69, 9.17) is 9.15 Å². The van der Waals surface area contributed by atoms with Gasteiger partial charge in [0.15, 0.2) is 0 Å². The van der Waals surface area contributed by atoms with Crippen LogP contribution in [0.4, 0.5) is 0 Å². The average Bonchev–Trinajstić information content (AvgIpc) is 3.03. The SMILES string of the molecule is COCCNC(=O)C1(C)CCC(=O)N1Cc1ccco1. The van der Waals surface area contributed by atoms with Crippen molar-refractivity contribution in [2.24, 2.45) is 0 Å². The minimum atomic E-state index is -0.822. The summed E-state index contributed by atoms with van der Waals surface area (Å²) < 4.78 is 10.2. The van der Waals surface area contributed by atoms with Crippen molar-refractivity contribution in [3.63, 3.8) is 0 Å². The molecule has 1 aliphatic rings. The highest BCUT2D eigenvalue weighted by Gasteiger charge is 2.47. The molecule has 1 aromatic heterocycles. The van der Waals surface area contributed by atoms with Gasteiger partial charge in [0.05, 0.1) is 19.4 Å². The zero-order valence-electron chi connectivity index (χ0n) is 11.8. The van der Waals surface area contributed by atoms with Crippen LogP contribution in [0.1, 0.15) is 25.5 Å². The molecule has 0 aromatic carbocycles. The lowest BCUT2D eigenvalue weighted by atomic mass is 9.97. The van der Waals surface area contributed by atoms with Gasteiger partial charge in [-0.15, -0.1) is 0 Å². The van der Waals surface area contributed by atoms with Gasteiger partial charge in [-0.1, -0.05) is 0 Å². The molecule has 0 aliphatic carbocycles. The van der Waals surface area contributed by atoms with Crippen LogP contribution in [-0.4, -0.2) is 42.5 Å². The second-order valence-corrected chi connectivity index (χ2v) is 5.08. The Bertz CT molecular complexity index is 472. The standard InChI is InChI=1S/C14H20N2O4/c1-14(13(18)15-7-9-19-2)6-5-12(17)16(14)10-11-4-3-8-20-11/h3-4,8H,5-7,9-10H2,1-2H3,(H,15,18). The van der Waals surface area contributed by atoms with E-state index in [1.807, 2.05) is 0 Å². The monoisotopic (exact) mass is 280 g/mol. The Hall–Kier alpha value is -1.82. The van der Waals surface area contributed by atoms with Crippen LogP contribution < -0.4 is 5.32 Å². The molecule has 2 heterocycles. The summed E-state index contributed by atoms with van der Waals surface area (Å²) in [5.41, 5.74) is -0.822. The van der Waals surface area contributed by atoms with Gasteiger partial charge in [-0.25, -0.2) is 0 Å². The Morgan fingerprint density at radius 3 is 3.05 bits per heavy atom. The second-order valence-electron chi connectivity index (χ2n) is 5.08. The first kappa shape index (κ1) is 14.6. The molecule has 2 rings (SSSR count). The summed E-state index contributed by atoms with van der Waals surface area (Å²) in [7, 11) is 1.58. The molecule has 2 amide bonds. The number of furan rings is 1. The first-order valence-corrected chi connectivity index (χ1v) is 6.68. The number of nitrogens with zero attached hydrogens (tertiary/aromatic N) is 1. The van der Waals surface area contributed by atoms with Crippen molar-refractivity contribution >= 4 is 11.8 Å². The van der Waals surface area contributed by atoms with E-state index in [1.165, 1.54) is 0 Å². The maximum Gasteiger partial charge on any atom is 0.245 e. The molecule has 0 bridgehead atoms. The number of rotatable bonds is 6. The molecule has 6 nitrogen and oxygen atoms in total. The van der Waals surface area contributed by atoms with Crippen molar-refractivity contribution in [1.29, 1.82) is 0 Å². The third-order valence-electron chi connectivity index (χ3n) is 3.70. The number of carbonyl (C=O) groups is 2. The Morgan fingerprint density at radius 2 is 2.40 bits per heavy atom. The Balaban J connectivity index is 2.07. The number of ether oxygens (including phenoxy) is 1. The van der Waals surface area contributed by atoms with Gasteiger partial charge in [0, 0.05) is 20.1 Å². The lowest BCUT2D eigenvalue weighted by Gasteiger charge is -2.33. The largest absolute Gasteiger partial charge is 0.467 e. The number of amides is 2. The molecule has 1 saturated heterocycles. The van der Waals surface area contributed by atoms with E-state index in [0.29, 0.717) is 38.3 Å². The van der Waals surface area contributed by atoms with Crippen LogP contribution in [0.25, 0.3) is 0 Å².